The minimum absolute atomic E-state index is 0.363. The molecule has 2 aromatic rings. The molecule has 0 unspecified atom stereocenters. The molecule has 0 fully saturated rings. The summed E-state index contributed by atoms with van der Waals surface area (Å²) < 4.78 is 9.76. The topological polar surface area (TPSA) is 35.0 Å². The number of hydrogen-bond donors (Lipinski definition) is 0. The van der Waals surface area contributed by atoms with Gasteiger partial charge < -0.3 is 4.74 Å². The van der Waals surface area contributed by atoms with E-state index < -0.39 is 0 Å². The van der Waals surface area contributed by atoms with Gasteiger partial charge in [-0.15, -0.1) is 5.10 Å². The molecule has 0 aliphatic heterocycles. The maximum Gasteiger partial charge on any atom is 0.139 e. The number of ether oxygens (including phenoxy) is 1. The van der Waals surface area contributed by atoms with E-state index in [1.165, 1.54) is 0 Å². The summed E-state index contributed by atoms with van der Waals surface area (Å²) in [7, 11) is 0. The van der Waals surface area contributed by atoms with E-state index in [0.717, 1.165) is 17.1 Å². The Balaban J connectivity index is 1.87. The Morgan fingerprint density at radius 3 is 2.81 bits per heavy atom. The molecule has 0 amide bonds. The molecule has 0 aliphatic rings. The zero-order valence-electron chi connectivity index (χ0n) is 8.19. The van der Waals surface area contributed by atoms with Crippen LogP contribution in [0, 0.1) is 0 Å². The zero-order valence-corrected chi connectivity index (χ0v) is 10.5. The van der Waals surface area contributed by atoms with Gasteiger partial charge in [0.1, 0.15) is 10.0 Å². The number of rotatable bonds is 4. The molecule has 6 heteroatoms. The molecule has 16 heavy (non-hydrogen) atoms. The second-order valence-corrected chi connectivity index (χ2v) is 4.91. The Hall–Kier alpha value is -0.680. The van der Waals surface area contributed by atoms with Crippen molar-refractivity contribution in [2.45, 2.75) is 13.2 Å². The van der Waals surface area contributed by atoms with Crippen molar-refractivity contribution in [1.82, 2.24) is 9.59 Å². The van der Waals surface area contributed by atoms with Crippen LogP contribution in [0.15, 0.2) is 24.3 Å². The molecule has 84 valence electrons. The van der Waals surface area contributed by atoms with Gasteiger partial charge in [-0.2, -0.15) is 0 Å². The molecule has 1 aromatic carbocycles. The fourth-order valence-corrected chi connectivity index (χ4v) is 1.99. The van der Waals surface area contributed by atoms with E-state index in [0.29, 0.717) is 28.3 Å². The zero-order chi connectivity index (χ0) is 11.4. The van der Waals surface area contributed by atoms with Crippen molar-refractivity contribution in [2.24, 2.45) is 0 Å². The van der Waals surface area contributed by atoms with Crippen molar-refractivity contribution in [3.63, 3.8) is 0 Å². The number of benzene rings is 1. The molecule has 0 saturated heterocycles. The maximum absolute atomic E-state index is 5.85. The van der Waals surface area contributed by atoms with E-state index in [1.54, 1.807) is 0 Å². The Kier molecular flexibility index (Phi) is 4.12. The first-order valence-electron chi connectivity index (χ1n) is 4.54. The number of nitrogens with zero attached hydrogens (tertiary/aromatic N) is 2. The van der Waals surface area contributed by atoms with E-state index >= 15 is 0 Å². The van der Waals surface area contributed by atoms with Crippen molar-refractivity contribution in [1.29, 1.82) is 0 Å². The van der Waals surface area contributed by atoms with Gasteiger partial charge >= 0.3 is 0 Å². The second kappa shape index (κ2) is 5.59. The van der Waals surface area contributed by atoms with Crippen molar-refractivity contribution in [2.75, 3.05) is 0 Å². The summed E-state index contributed by atoms with van der Waals surface area (Å²) in [5.74, 6) is 0. The normalized spacial score (nSPS) is 10.6. The largest absolute Gasteiger partial charge is 0.370 e. The van der Waals surface area contributed by atoms with Crippen LogP contribution in [0.25, 0.3) is 0 Å². The molecule has 0 atom stereocenters. The Bertz CT molecular complexity index is 475. The van der Waals surface area contributed by atoms with Crippen molar-refractivity contribution in [3.8, 4) is 0 Å². The summed E-state index contributed by atoms with van der Waals surface area (Å²) in [4.78, 5) is 0. The third-order valence-electron chi connectivity index (χ3n) is 1.91. The molecular weight excluding hydrogens is 267 g/mol. The van der Waals surface area contributed by atoms with E-state index in [2.05, 4.69) is 9.59 Å². The maximum atomic E-state index is 5.85. The predicted octanol–water partition coefficient (Wildman–Crippen LogP) is 3.56. The summed E-state index contributed by atoms with van der Waals surface area (Å²) in [6.07, 6.45) is 0. The van der Waals surface area contributed by atoms with Crippen LogP contribution in [0.4, 0.5) is 0 Å². The van der Waals surface area contributed by atoms with Crippen LogP contribution in [0.5, 0.6) is 0 Å². The smallest absolute Gasteiger partial charge is 0.139 e. The Morgan fingerprint density at radius 2 is 2.12 bits per heavy atom. The molecule has 0 radical (unpaired) electrons. The minimum atomic E-state index is 0.363. The first-order valence-corrected chi connectivity index (χ1v) is 6.07. The van der Waals surface area contributed by atoms with Crippen LogP contribution >= 0.6 is 34.7 Å². The van der Waals surface area contributed by atoms with Gasteiger partial charge in [0.25, 0.3) is 0 Å². The SMILES string of the molecule is Clc1cccc(COCc2nnsc2Cl)c1. The third-order valence-corrected chi connectivity index (χ3v) is 3.13. The second-order valence-electron chi connectivity index (χ2n) is 3.12. The van der Waals surface area contributed by atoms with Gasteiger partial charge in [-0.05, 0) is 17.7 Å². The lowest BCUT2D eigenvalue weighted by atomic mass is 10.2. The van der Waals surface area contributed by atoms with Crippen LogP contribution in [-0.4, -0.2) is 9.59 Å². The molecule has 3 nitrogen and oxygen atoms in total. The Morgan fingerprint density at radius 1 is 1.25 bits per heavy atom. The van der Waals surface area contributed by atoms with Gasteiger partial charge in [-0.3, -0.25) is 0 Å². The first kappa shape index (κ1) is 11.8. The Labute approximate surface area is 107 Å². The molecule has 0 spiro atoms. The van der Waals surface area contributed by atoms with Crippen LogP contribution < -0.4 is 0 Å². The lowest BCUT2D eigenvalue weighted by Gasteiger charge is -2.02. The lowest BCUT2D eigenvalue weighted by Crippen LogP contribution is -1.95. The summed E-state index contributed by atoms with van der Waals surface area (Å²) in [6.45, 7) is 0.844. The monoisotopic (exact) mass is 274 g/mol. The van der Waals surface area contributed by atoms with Gasteiger partial charge in [0.15, 0.2) is 0 Å². The van der Waals surface area contributed by atoms with Gasteiger partial charge in [-0.25, -0.2) is 0 Å². The van der Waals surface area contributed by atoms with E-state index in [9.17, 15) is 0 Å². The lowest BCUT2D eigenvalue weighted by molar-refractivity contribution is 0.104. The van der Waals surface area contributed by atoms with Crippen LogP contribution in [0.3, 0.4) is 0 Å². The minimum Gasteiger partial charge on any atom is -0.370 e. The van der Waals surface area contributed by atoms with Crippen molar-refractivity contribution >= 4 is 34.7 Å². The highest BCUT2D eigenvalue weighted by Crippen LogP contribution is 2.18. The highest BCUT2D eigenvalue weighted by Gasteiger charge is 2.05. The number of aromatic nitrogens is 2. The fourth-order valence-electron chi connectivity index (χ4n) is 1.18. The molecule has 2 rings (SSSR count). The standard InChI is InChI=1S/C10H8Cl2N2OS/c11-8-3-1-2-7(4-8)5-15-6-9-10(12)16-14-13-9/h1-4H,5-6H2. The quantitative estimate of drug-likeness (QED) is 0.855. The van der Waals surface area contributed by atoms with Gasteiger partial charge in [0.2, 0.25) is 0 Å². The molecule has 1 heterocycles. The van der Waals surface area contributed by atoms with Crippen molar-refractivity contribution < 1.29 is 4.74 Å². The summed E-state index contributed by atoms with van der Waals surface area (Å²) in [5, 5.41) is 4.55. The average molecular weight is 275 g/mol. The average Bonchev–Trinajstić information content (AvgIpc) is 2.65. The molecular formula is C10H8Cl2N2OS. The van der Waals surface area contributed by atoms with Crippen LogP contribution in [0.2, 0.25) is 9.36 Å². The number of hydrogen-bond acceptors (Lipinski definition) is 4. The van der Waals surface area contributed by atoms with E-state index in [4.69, 9.17) is 27.9 Å². The fraction of sp³-hybridized carbons (Fsp3) is 0.200. The summed E-state index contributed by atoms with van der Waals surface area (Å²) >= 11 is 12.8. The summed E-state index contributed by atoms with van der Waals surface area (Å²) in [6, 6.07) is 7.53. The summed E-state index contributed by atoms with van der Waals surface area (Å²) in [5.41, 5.74) is 1.69. The number of halogens is 2. The van der Waals surface area contributed by atoms with E-state index in [1.807, 2.05) is 24.3 Å². The predicted molar refractivity (Wildman–Crippen MR) is 64.9 cm³/mol. The molecule has 0 saturated carbocycles. The van der Waals surface area contributed by atoms with Gasteiger partial charge in [-0.1, -0.05) is 39.8 Å². The highest BCUT2D eigenvalue weighted by atomic mass is 35.5. The van der Waals surface area contributed by atoms with Crippen LogP contribution in [-0.2, 0) is 18.0 Å². The molecule has 1 aromatic heterocycles. The molecule has 0 aliphatic carbocycles. The van der Waals surface area contributed by atoms with Gasteiger partial charge in [0.05, 0.1) is 13.2 Å². The van der Waals surface area contributed by atoms with Gasteiger partial charge in [0, 0.05) is 16.6 Å². The van der Waals surface area contributed by atoms with Crippen LogP contribution in [0.1, 0.15) is 11.3 Å². The molecule has 0 N–H and O–H groups in total. The highest BCUT2D eigenvalue weighted by molar-refractivity contribution is 7.10. The molecule has 0 bridgehead atoms. The third kappa shape index (κ3) is 3.15. The van der Waals surface area contributed by atoms with E-state index in [-0.39, 0.29) is 0 Å². The van der Waals surface area contributed by atoms with Crippen molar-refractivity contribution in [3.05, 3.63) is 44.9 Å². The first-order chi connectivity index (χ1) is 7.75.